The van der Waals surface area contributed by atoms with E-state index in [1.807, 2.05) is 35.8 Å². The van der Waals surface area contributed by atoms with Crippen molar-refractivity contribution in [2.45, 2.75) is 32.0 Å². The number of imidazole rings is 1. The molecule has 2 rings (SSSR count). The van der Waals surface area contributed by atoms with Gasteiger partial charge in [-0.05, 0) is 31.5 Å². The third-order valence-corrected chi connectivity index (χ3v) is 5.49. The van der Waals surface area contributed by atoms with Crippen LogP contribution in [0.5, 0.6) is 0 Å². The van der Waals surface area contributed by atoms with E-state index < -0.39 is 10.0 Å². The Labute approximate surface area is 133 Å². The summed E-state index contributed by atoms with van der Waals surface area (Å²) in [6.07, 6.45) is 1.59. The Hall–Kier alpha value is -1.18. The van der Waals surface area contributed by atoms with Gasteiger partial charge >= 0.3 is 0 Å². The minimum Gasteiger partial charge on any atom is -0.334 e. The van der Waals surface area contributed by atoms with Gasteiger partial charge in [-0.15, -0.1) is 0 Å². The number of rotatable bonds is 5. The van der Waals surface area contributed by atoms with E-state index in [0.29, 0.717) is 18.9 Å². The highest BCUT2D eigenvalue weighted by molar-refractivity contribution is 9.10. The zero-order valence-electron chi connectivity index (χ0n) is 12.2. The van der Waals surface area contributed by atoms with Crippen molar-refractivity contribution >= 4 is 26.0 Å². The quantitative estimate of drug-likeness (QED) is 0.811. The van der Waals surface area contributed by atoms with Crippen LogP contribution in [0.3, 0.4) is 0 Å². The Balaban J connectivity index is 2.23. The number of nitrogens with zero attached hydrogens (tertiary/aromatic N) is 3. The van der Waals surface area contributed by atoms with E-state index in [9.17, 15) is 8.42 Å². The first kappa shape index (κ1) is 16.2. The minimum absolute atomic E-state index is 0.0986. The Morgan fingerprint density at radius 3 is 2.43 bits per heavy atom. The average Bonchev–Trinajstić information content (AvgIpc) is 2.83. The average molecular weight is 372 g/mol. The molecule has 114 valence electrons. The van der Waals surface area contributed by atoms with Crippen LogP contribution in [-0.4, -0.2) is 29.3 Å². The summed E-state index contributed by atoms with van der Waals surface area (Å²) in [4.78, 5) is 4.16. The van der Waals surface area contributed by atoms with Crippen molar-refractivity contribution in [3.63, 3.8) is 0 Å². The maximum Gasteiger partial charge on any atom is 0.262 e. The fourth-order valence-corrected chi connectivity index (χ4v) is 3.43. The van der Waals surface area contributed by atoms with Gasteiger partial charge in [-0.25, -0.2) is 13.4 Å². The second-order valence-electron chi connectivity index (χ2n) is 4.80. The van der Waals surface area contributed by atoms with Crippen molar-refractivity contribution in [3.05, 3.63) is 46.3 Å². The Morgan fingerprint density at radius 2 is 1.90 bits per heavy atom. The van der Waals surface area contributed by atoms with E-state index in [1.165, 1.54) is 4.31 Å². The molecule has 21 heavy (non-hydrogen) atoms. The summed E-state index contributed by atoms with van der Waals surface area (Å²) >= 11 is 3.36. The van der Waals surface area contributed by atoms with E-state index >= 15 is 0 Å². The van der Waals surface area contributed by atoms with Gasteiger partial charge in [0.2, 0.25) is 0 Å². The second-order valence-corrected chi connectivity index (χ2v) is 7.71. The molecular formula is C14H18BrN3O2S. The van der Waals surface area contributed by atoms with E-state index in [2.05, 4.69) is 20.9 Å². The minimum atomic E-state index is -3.57. The van der Waals surface area contributed by atoms with Crippen LogP contribution < -0.4 is 0 Å². The van der Waals surface area contributed by atoms with E-state index in [-0.39, 0.29) is 5.03 Å². The molecule has 0 spiro atoms. The van der Waals surface area contributed by atoms with Crippen molar-refractivity contribution in [3.8, 4) is 0 Å². The Morgan fingerprint density at radius 1 is 1.29 bits per heavy atom. The predicted molar refractivity (Wildman–Crippen MR) is 85.4 cm³/mol. The van der Waals surface area contributed by atoms with E-state index in [0.717, 1.165) is 10.0 Å². The standard InChI is InChI=1S/C14H18BrN3O2S/c1-4-18-10-14(16-11(18)2)21(19,20)17(3)9-12-5-7-13(15)8-6-12/h5-8,10H,4,9H2,1-3H3. The zero-order valence-corrected chi connectivity index (χ0v) is 14.6. The van der Waals surface area contributed by atoms with Gasteiger partial charge in [0.15, 0.2) is 5.03 Å². The monoisotopic (exact) mass is 371 g/mol. The van der Waals surface area contributed by atoms with Crippen LogP contribution in [0.15, 0.2) is 40.0 Å². The van der Waals surface area contributed by atoms with Crippen LogP contribution in [-0.2, 0) is 23.1 Å². The smallest absolute Gasteiger partial charge is 0.262 e. The molecule has 2 aromatic rings. The first-order valence-corrected chi connectivity index (χ1v) is 8.82. The van der Waals surface area contributed by atoms with Crippen molar-refractivity contribution in [2.75, 3.05) is 7.05 Å². The molecule has 0 atom stereocenters. The van der Waals surface area contributed by atoms with Gasteiger partial charge in [-0.3, -0.25) is 0 Å². The highest BCUT2D eigenvalue weighted by Crippen LogP contribution is 2.18. The molecule has 0 saturated heterocycles. The van der Waals surface area contributed by atoms with Crippen LogP contribution in [0.4, 0.5) is 0 Å². The maximum absolute atomic E-state index is 12.5. The molecular weight excluding hydrogens is 354 g/mol. The largest absolute Gasteiger partial charge is 0.334 e. The lowest BCUT2D eigenvalue weighted by molar-refractivity contribution is 0.464. The molecule has 0 aliphatic carbocycles. The predicted octanol–water partition coefficient (Wildman–Crippen LogP) is 2.79. The first-order valence-electron chi connectivity index (χ1n) is 6.59. The van der Waals surface area contributed by atoms with Crippen molar-refractivity contribution < 1.29 is 8.42 Å². The molecule has 0 amide bonds. The first-order chi connectivity index (χ1) is 9.84. The van der Waals surface area contributed by atoms with E-state index in [1.54, 1.807) is 20.2 Å². The highest BCUT2D eigenvalue weighted by Gasteiger charge is 2.24. The number of benzene rings is 1. The molecule has 0 aliphatic heterocycles. The van der Waals surface area contributed by atoms with Gasteiger partial charge in [0.05, 0.1) is 0 Å². The number of aryl methyl sites for hydroxylation is 2. The summed E-state index contributed by atoms with van der Waals surface area (Å²) < 4.78 is 29.2. The lowest BCUT2D eigenvalue weighted by atomic mass is 10.2. The van der Waals surface area contributed by atoms with Gasteiger partial charge in [-0.2, -0.15) is 4.31 Å². The molecule has 0 N–H and O–H groups in total. The fourth-order valence-electron chi connectivity index (χ4n) is 2.02. The summed E-state index contributed by atoms with van der Waals surface area (Å²) in [7, 11) is -2.00. The molecule has 1 aromatic heterocycles. The fraction of sp³-hybridized carbons (Fsp3) is 0.357. The van der Waals surface area contributed by atoms with Crippen LogP contribution in [0.25, 0.3) is 0 Å². The zero-order chi connectivity index (χ0) is 15.6. The molecule has 1 heterocycles. The number of sulfonamides is 1. The van der Waals surface area contributed by atoms with Crippen molar-refractivity contribution in [1.29, 1.82) is 0 Å². The SMILES string of the molecule is CCn1cc(S(=O)(=O)N(C)Cc2ccc(Br)cc2)nc1C. The van der Waals surface area contributed by atoms with Crippen LogP contribution in [0.1, 0.15) is 18.3 Å². The van der Waals surface area contributed by atoms with Gasteiger partial charge in [-0.1, -0.05) is 28.1 Å². The molecule has 0 aliphatic rings. The molecule has 0 saturated carbocycles. The van der Waals surface area contributed by atoms with Gasteiger partial charge in [0.25, 0.3) is 10.0 Å². The number of halogens is 1. The summed E-state index contributed by atoms with van der Waals surface area (Å²) in [6, 6.07) is 7.58. The summed E-state index contributed by atoms with van der Waals surface area (Å²) in [6.45, 7) is 4.77. The molecule has 0 unspecified atom stereocenters. The Kier molecular flexibility index (Phi) is 4.85. The summed E-state index contributed by atoms with van der Waals surface area (Å²) in [5, 5.41) is 0.0986. The Bertz CT molecular complexity index is 723. The van der Waals surface area contributed by atoms with Crippen molar-refractivity contribution in [1.82, 2.24) is 13.9 Å². The normalized spacial score (nSPS) is 12.0. The number of hydrogen-bond donors (Lipinski definition) is 0. The van der Waals surface area contributed by atoms with Crippen LogP contribution >= 0.6 is 15.9 Å². The molecule has 5 nitrogen and oxygen atoms in total. The highest BCUT2D eigenvalue weighted by atomic mass is 79.9. The third-order valence-electron chi connectivity index (χ3n) is 3.29. The summed E-state index contributed by atoms with van der Waals surface area (Å²) in [5.74, 6) is 0.702. The molecule has 0 radical (unpaired) electrons. The van der Waals surface area contributed by atoms with Crippen LogP contribution in [0.2, 0.25) is 0 Å². The summed E-state index contributed by atoms with van der Waals surface area (Å²) in [5.41, 5.74) is 0.927. The lowest BCUT2D eigenvalue weighted by Crippen LogP contribution is -2.26. The third kappa shape index (κ3) is 3.53. The maximum atomic E-state index is 12.5. The van der Waals surface area contributed by atoms with Crippen LogP contribution in [0, 0.1) is 6.92 Å². The molecule has 7 heteroatoms. The van der Waals surface area contributed by atoms with E-state index in [4.69, 9.17) is 0 Å². The van der Waals surface area contributed by atoms with Gasteiger partial charge in [0, 0.05) is 30.8 Å². The van der Waals surface area contributed by atoms with Gasteiger partial charge in [0.1, 0.15) is 5.82 Å². The van der Waals surface area contributed by atoms with Crippen molar-refractivity contribution in [2.24, 2.45) is 0 Å². The molecule has 0 fully saturated rings. The topological polar surface area (TPSA) is 55.2 Å². The molecule has 1 aromatic carbocycles. The lowest BCUT2D eigenvalue weighted by Gasteiger charge is -2.15. The van der Waals surface area contributed by atoms with Gasteiger partial charge < -0.3 is 4.57 Å². The number of hydrogen-bond acceptors (Lipinski definition) is 3. The number of aromatic nitrogens is 2. The molecule has 0 bridgehead atoms. The second kappa shape index (κ2) is 6.29.